The van der Waals surface area contributed by atoms with Gasteiger partial charge in [-0.1, -0.05) is 29.8 Å². The minimum absolute atomic E-state index is 0.0635. The smallest absolute Gasteiger partial charge is 0.271 e. The molecule has 6 heteroatoms. The van der Waals surface area contributed by atoms with Crippen LogP contribution in [0, 0.1) is 5.82 Å². The zero-order valence-corrected chi connectivity index (χ0v) is 14.9. The topological polar surface area (TPSA) is 48.1 Å². The highest BCUT2D eigenvalue weighted by Crippen LogP contribution is 2.29. The largest absolute Gasteiger partial charge is 0.382 e. The number of halogens is 2. The summed E-state index contributed by atoms with van der Waals surface area (Å²) < 4.78 is 13.0. The molecule has 4 rings (SSSR count). The van der Waals surface area contributed by atoms with E-state index in [1.54, 1.807) is 12.1 Å². The van der Waals surface area contributed by atoms with Crippen LogP contribution in [0.15, 0.2) is 48.5 Å². The molecule has 1 aliphatic heterocycles. The Labute approximate surface area is 156 Å². The number of amides is 1. The lowest BCUT2D eigenvalue weighted by Gasteiger charge is -2.32. The predicted octanol–water partition coefficient (Wildman–Crippen LogP) is 4.68. The van der Waals surface area contributed by atoms with Gasteiger partial charge in [0.15, 0.2) is 0 Å². The van der Waals surface area contributed by atoms with Crippen LogP contribution in [0.3, 0.4) is 0 Å². The second kappa shape index (κ2) is 7.00. The van der Waals surface area contributed by atoms with Crippen molar-refractivity contribution in [3.8, 4) is 0 Å². The van der Waals surface area contributed by atoms with Crippen molar-refractivity contribution in [2.24, 2.45) is 0 Å². The van der Waals surface area contributed by atoms with Crippen LogP contribution in [-0.2, 0) is 0 Å². The molecule has 1 aliphatic rings. The zero-order valence-electron chi connectivity index (χ0n) is 14.1. The Morgan fingerprint density at radius 1 is 1.12 bits per heavy atom. The first-order valence-corrected chi connectivity index (χ1v) is 9.07. The standard InChI is InChI=1S/C20H19ClFN3O/c21-18-16-3-1-2-4-17(16)24-19(18)20(26)25-11-9-15(10-12-25)23-14-7-5-13(22)6-8-14/h1-8,15,23-24H,9-12H2. The highest BCUT2D eigenvalue weighted by atomic mass is 35.5. The Morgan fingerprint density at radius 2 is 1.81 bits per heavy atom. The zero-order chi connectivity index (χ0) is 18.1. The Morgan fingerprint density at radius 3 is 2.50 bits per heavy atom. The second-order valence-electron chi connectivity index (χ2n) is 6.58. The van der Waals surface area contributed by atoms with Crippen molar-refractivity contribution in [2.75, 3.05) is 18.4 Å². The molecule has 2 heterocycles. The number of anilines is 1. The van der Waals surface area contributed by atoms with Crippen molar-refractivity contribution >= 4 is 34.1 Å². The molecule has 2 N–H and O–H groups in total. The van der Waals surface area contributed by atoms with E-state index in [0.29, 0.717) is 23.8 Å². The number of H-pyrrole nitrogens is 1. The molecular formula is C20H19ClFN3O. The Hall–Kier alpha value is -2.53. The molecule has 3 aromatic rings. The van der Waals surface area contributed by atoms with Gasteiger partial charge in [0.1, 0.15) is 11.5 Å². The van der Waals surface area contributed by atoms with Crippen molar-refractivity contribution in [1.29, 1.82) is 0 Å². The van der Waals surface area contributed by atoms with E-state index in [-0.39, 0.29) is 17.8 Å². The van der Waals surface area contributed by atoms with Gasteiger partial charge in [0.2, 0.25) is 0 Å². The monoisotopic (exact) mass is 371 g/mol. The summed E-state index contributed by atoms with van der Waals surface area (Å²) in [5.41, 5.74) is 2.22. The maximum Gasteiger partial charge on any atom is 0.271 e. The molecule has 1 fully saturated rings. The van der Waals surface area contributed by atoms with Gasteiger partial charge in [0.05, 0.1) is 5.02 Å². The highest BCUT2D eigenvalue weighted by Gasteiger charge is 2.26. The lowest BCUT2D eigenvalue weighted by atomic mass is 10.0. The number of para-hydroxylation sites is 1. The number of carbonyl (C=O) groups is 1. The minimum Gasteiger partial charge on any atom is -0.382 e. The highest BCUT2D eigenvalue weighted by molar-refractivity contribution is 6.38. The summed E-state index contributed by atoms with van der Waals surface area (Å²) >= 11 is 6.40. The van der Waals surface area contributed by atoms with E-state index in [1.165, 1.54) is 12.1 Å². The summed E-state index contributed by atoms with van der Waals surface area (Å²) in [6.45, 7) is 1.31. The Bertz CT molecular complexity index is 930. The van der Waals surface area contributed by atoms with Gasteiger partial charge in [-0.2, -0.15) is 0 Å². The predicted molar refractivity (Wildman–Crippen MR) is 102 cm³/mol. The van der Waals surface area contributed by atoms with Gasteiger partial charge in [-0.15, -0.1) is 0 Å². The number of hydrogen-bond acceptors (Lipinski definition) is 2. The molecule has 0 radical (unpaired) electrons. The minimum atomic E-state index is -0.244. The van der Waals surface area contributed by atoms with Gasteiger partial charge < -0.3 is 15.2 Å². The first-order chi connectivity index (χ1) is 12.6. The molecule has 134 valence electrons. The van der Waals surface area contributed by atoms with E-state index >= 15 is 0 Å². The summed E-state index contributed by atoms with van der Waals surface area (Å²) in [5.74, 6) is -0.308. The van der Waals surface area contributed by atoms with Crippen LogP contribution in [-0.4, -0.2) is 34.9 Å². The van der Waals surface area contributed by atoms with Gasteiger partial charge in [-0.05, 0) is 43.2 Å². The summed E-state index contributed by atoms with van der Waals surface area (Å²) in [5, 5.41) is 4.75. The first kappa shape index (κ1) is 16.9. The third-order valence-corrected chi connectivity index (χ3v) is 5.25. The number of likely N-dealkylation sites (tertiary alicyclic amines) is 1. The van der Waals surface area contributed by atoms with Crippen LogP contribution in [0.4, 0.5) is 10.1 Å². The lowest BCUT2D eigenvalue weighted by Crippen LogP contribution is -2.42. The number of carbonyl (C=O) groups excluding carboxylic acids is 1. The number of rotatable bonds is 3. The van der Waals surface area contributed by atoms with Gasteiger partial charge in [0.25, 0.3) is 5.91 Å². The van der Waals surface area contributed by atoms with Crippen LogP contribution in [0.25, 0.3) is 10.9 Å². The van der Waals surface area contributed by atoms with E-state index in [4.69, 9.17) is 11.6 Å². The maximum absolute atomic E-state index is 13.0. The number of aromatic amines is 1. The van der Waals surface area contributed by atoms with E-state index in [2.05, 4.69) is 10.3 Å². The average Bonchev–Trinajstić information content (AvgIpc) is 3.01. The van der Waals surface area contributed by atoms with Crippen LogP contribution in [0.5, 0.6) is 0 Å². The Balaban J connectivity index is 1.41. The van der Waals surface area contributed by atoms with Crippen molar-refractivity contribution in [3.63, 3.8) is 0 Å². The first-order valence-electron chi connectivity index (χ1n) is 8.69. The molecule has 0 unspecified atom stereocenters. The van der Waals surface area contributed by atoms with Gasteiger partial charge in [-0.25, -0.2) is 4.39 Å². The van der Waals surface area contributed by atoms with Crippen LogP contribution in [0.1, 0.15) is 23.3 Å². The summed E-state index contributed by atoms with van der Waals surface area (Å²) in [6, 6.07) is 14.3. The van der Waals surface area contributed by atoms with Crippen molar-refractivity contribution in [2.45, 2.75) is 18.9 Å². The molecular weight excluding hydrogens is 353 g/mol. The Kier molecular flexibility index (Phi) is 4.55. The number of aromatic nitrogens is 1. The molecule has 4 nitrogen and oxygen atoms in total. The third kappa shape index (κ3) is 3.27. The fourth-order valence-corrected chi connectivity index (χ4v) is 3.71. The maximum atomic E-state index is 13.0. The van der Waals surface area contributed by atoms with E-state index in [0.717, 1.165) is 29.4 Å². The fourth-order valence-electron chi connectivity index (χ4n) is 3.42. The average molecular weight is 372 g/mol. The lowest BCUT2D eigenvalue weighted by molar-refractivity contribution is 0.0713. The second-order valence-corrected chi connectivity index (χ2v) is 6.96. The fraction of sp³-hybridized carbons (Fsp3) is 0.250. The molecule has 1 aromatic heterocycles. The van der Waals surface area contributed by atoms with Crippen LogP contribution < -0.4 is 5.32 Å². The van der Waals surface area contributed by atoms with Crippen LogP contribution >= 0.6 is 11.6 Å². The summed E-state index contributed by atoms with van der Waals surface area (Å²) in [4.78, 5) is 17.8. The third-order valence-electron chi connectivity index (χ3n) is 4.85. The molecule has 0 bridgehead atoms. The summed E-state index contributed by atoms with van der Waals surface area (Å²) in [6.07, 6.45) is 1.67. The molecule has 1 saturated heterocycles. The SMILES string of the molecule is O=C(c1[nH]c2ccccc2c1Cl)N1CCC(Nc2ccc(F)cc2)CC1. The number of hydrogen-bond donors (Lipinski definition) is 2. The van der Waals surface area contributed by atoms with E-state index in [9.17, 15) is 9.18 Å². The molecule has 0 atom stereocenters. The van der Waals surface area contributed by atoms with Gasteiger partial charge in [-0.3, -0.25) is 4.79 Å². The van der Waals surface area contributed by atoms with Crippen molar-refractivity contribution in [1.82, 2.24) is 9.88 Å². The summed E-state index contributed by atoms with van der Waals surface area (Å²) in [7, 11) is 0. The number of fused-ring (bicyclic) bond motifs is 1. The number of benzene rings is 2. The van der Waals surface area contributed by atoms with E-state index in [1.807, 2.05) is 29.2 Å². The number of piperidine rings is 1. The quantitative estimate of drug-likeness (QED) is 0.702. The molecule has 0 spiro atoms. The van der Waals surface area contributed by atoms with Gasteiger partial charge in [0, 0.05) is 35.7 Å². The van der Waals surface area contributed by atoms with Crippen LogP contribution in [0.2, 0.25) is 5.02 Å². The molecule has 0 aliphatic carbocycles. The molecule has 26 heavy (non-hydrogen) atoms. The van der Waals surface area contributed by atoms with Crippen molar-refractivity contribution in [3.05, 3.63) is 65.1 Å². The van der Waals surface area contributed by atoms with E-state index < -0.39 is 0 Å². The molecule has 1 amide bonds. The molecule has 0 saturated carbocycles. The normalized spacial score (nSPS) is 15.4. The molecule has 2 aromatic carbocycles. The number of nitrogens with one attached hydrogen (secondary N) is 2. The van der Waals surface area contributed by atoms with Gasteiger partial charge >= 0.3 is 0 Å². The van der Waals surface area contributed by atoms with Crippen molar-refractivity contribution < 1.29 is 9.18 Å². The number of nitrogens with zero attached hydrogens (tertiary/aromatic N) is 1.